The molecule has 2 heterocycles. The normalized spacial score (nSPS) is 17.8. The Kier molecular flexibility index (Phi) is 5.71. The molecule has 1 atom stereocenters. The van der Waals surface area contributed by atoms with Crippen molar-refractivity contribution < 1.29 is 4.79 Å². The molecule has 134 valence electrons. The number of aromatic nitrogens is 1. The Balaban J connectivity index is 1.79. The van der Waals surface area contributed by atoms with E-state index in [1.165, 1.54) is 22.5 Å². The van der Waals surface area contributed by atoms with Crippen molar-refractivity contribution >= 4 is 22.4 Å². The number of benzene rings is 1. The molecule has 0 spiro atoms. The number of carbonyl (C=O) groups is 1. The third kappa shape index (κ3) is 4.19. The van der Waals surface area contributed by atoms with Gasteiger partial charge in [-0.15, -0.1) is 11.3 Å². The van der Waals surface area contributed by atoms with Crippen LogP contribution in [0.3, 0.4) is 0 Å². The molecule has 1 amide bonds. The topological polar surface area (TPSA) is 48.5 Å². The second kappa shape index (κ2) is 7.97. The maximum atomic E-state index is 13.0. The largest absolute Gasteiger partial charge is 0.365 e. The Hall–Kier alpha value is -1.92. The number of thiazole rings is 1. The monoisotopic (exact) mass is 358 g/mol. The fourth-order valence-corrected chi connectivity index (χ4v) is 4.01. The summed E-state index contributed by atoms with van der Waals surface area (Å²) >= 11 is 1.47. The van der Waals surface area contributed by atoms with Gasteiger partial charge >= 0.3 is 0 Å². The number of anilines is 1. The van der Waals surface area contributed by atoms with E-state index in [0.717, 1.165) is 37.5 Å². The van der Waals surface area contributed by atoms with Crippen molar-refractivity contribution in [2.45, 2.75) is 31.8 Å². The highest BCUT2D eigenvalue weighted by Crippen LogP contribution is 2.32. The van der Waals surface area contributed by atoms with Crippen LogP contribution in [0.5, 0.6) is 0 Å². The molecule has 1 aliphatic heterocycles. The highest BCUT2D eigenvalue weighted by atomic mass is 32.1. The molecule has 0 bridgehead atoms. The summed E-state index contributed by atoms with van der Waals surface area (Å²) in [7, 11) is 5.97. The number of nitrogens with zero attached hydrogens (tertiary/aromatic N) is 3. The Bertz CT molecular complexity index is 710. The molecule has 5 nitrogen and oxygen atoms in total. The van der Waals surface area contributed by atoms with Crippen LogP contribution in [0.25, 0.3) is 0 Å². The third-order valence-electron chi connectivity index (χ3n) is 4.56. The number of hydrogen-bond acceptors (Lipinski definition) is 5. The zero-order valence-electron chi connectivity index (χ0n) is 15.2. The summed E-state index contributed by atoms with van der Waals surface area (Å²) in [5.41, 5.74) is 3.06. The van der Waals surface area contributed by atoms with Crippen molar-refractivity contribution in [3.8, 4) is 0 Å². The van der Waals surface area contributed by atoms with E-state index in [4.69, 9.17) is 0 Å². The first-order valence-electron chi connectivity index (χ1n) is 8.76. The van der Waals surface area contributed by atoms with Crippen molar-refractivity contribution in [3.63, 3.8) is 0 Å². The molecule has 0 radical (unpaired) electrons. The molecule has 1 aromatic heterocycles. The number of piperidine rings is 1. The molecule has 1 N–H and O–H groups in total. The third-order valence-corrected chi connectivity index (χ3v) is 5.42. The van der Waals surface area contributed by atoms with Crippen LogP contribution in [0.2, 0.25) is 0 Å². The van der Waals surface area contributed by atoms with Crippen LogP contribution < -0.4 is 5.32 Å². The summed E-state index contributed by atoms with van der Waals surface area (Å²) < 4.78 is 0. The van der Waals surface area contributed by atoms with E-state index >= 15 is 0 Å². The van der Waals surface area contributed by atoms with E-state index in [1.54, 1.807) is 0 Å². The van der Waals surface area contributed by atoms with E-state index in [1.807, 2.05) is 17.3 Å². The molecule has 2 aromatic rings. The summed E-state index contributed by atoms with van der Waals surface area (Å²) in [4.78, 5) is 21.5. The van der Waals surface area contributed by atoms with Gasteiger partial charge in [0.2, 0.25) is 0 Å². The molecule has 6 heteroatoms. The highest BCUT2D eigenvalue weighted by Gasteiger charge is 2.29. The number of likely N-dealkylation sites (tertiary alicyclic amines) is 1. The SMILES string of the molecule is CNc1nc(C(=O)N2CCCC[C@H]2c2ccc(CN(C)C)cc2)cs1. The van der Waals surface area contributed by atoms with Gasteiger partial charge in [0.05, 0.1) is 6.04 Å². The molecular weight excluding hydrogens is 332 g/mol. The Morgan fingerprint density at radius 2 is 2.08 bits per heavy atom. The number of carbonyl (C=O) groups excluding carboxylic acids is 1. The second-order valence-electron chi connectivity index (χ2n) is 6.78. The van der Waals surface area contributed by atoms with Gasteiger partial charge in [-0.05, 0) is 44.5 Å². The van der Waals surface area contributed by atoms with Gasteiger partial charge in [-0.25, -0.2) is 4.98 Å². The average molecular weight is 359 g/mol. The van der Waals surface area contributed by atoms with Gasteiger partial charge in [0.25, 0.3) is 5.91 Å². The van der Waals surface area contributed by atoms with Gasteiger partial charge in [0.1, 0.15) is 5.69 Å². The Morgan fingerprint density at radius 1 is 1.32 bits per heavy atom. The van der Waals surface area contributed by atoms with Crippen molar-refractivity contribution in [2.24, 2.45) is 0 Å². The first-order chi connectivity index (χ1) is 12.1. The minimum Gasteiger partial charge on any atom is -0.365 e. The molecule has 1 saturated heterocycles. The second-order valence-corrected chi connectivity index (χ2v) is 7.64. The van der Waals surface area contributed by atoms with Crippen LogP contribution in [0.15, 0.2) is 29.6 Å². The zero-order valence-corrected chi connectivity index (χ0v) is 16.0. The number of nitrogens with one attached hydrogen (secondary N) is 1. The van der Waals surface area contributed by atoms with Gasteiger partial charge in [-0.2, -0.15) is 0 Å². The molecule has 0 saturated carbocycles. The van der Waals surface area contributed by atoms with Gasteiger partial charge in [-0.1, -0.05) is 24.3 Å². The molecule has 1 aliphatic rings. The van der Waals surface area contributed by atoms with Crippen LogP contribution >= 0.6 is 11.3 Å². The maximum absolute atomic E-state index is 13.0. The summed E-state index contributed by atoms with van der Waals surface area (Å²) in [5, 5.41) is 5.63. The molecule has 0 unspecified atom stereocenters. The van der Waals surface area contributed by atoms with E-state index in [9.17, 15) is 4.79 Å². The number of hydrogen-bond donors (Lipinski definition) is 1. The van der Waals surface area contributed by atoms with E-state index < -0.39 is 0 Å². The van der Waals surface area contributed by atoms with E-state index in [0.29, 0.717) is 5.69 Å². The summed E-state index contributed by atoms with van der Waals surface area (Å²) in [6.45, 7) is 1.73. The summed E-state index contributed by atoms with van der Waals surface area (Å²) in [5.74, 6) is 0.0415. The van der Waals surface area contributed by atoms with Crippen LogP contribution in [-0.2, 0) is 6.54 Å². The van der Waals surface area contributed by atoms with Crippen LogP contribution in [0.1, 0.15) is 46.9 Å². The Morgan fingerprint density at radius 3 is 2.72 bits per heavy atom. The lowest BCUT2D eigenvalue weighted by molar-refractivity contribution is 0.0606. The van der Waals surface area contributed by atoms with Gasteiger partial charge in [0, 0.05) is 25.5 Å². The predicted octanol–water partition coefficient (Wildman–Crippen LogP) is 3.61. The fourth-order valence-electron chi connectivity index (χ4n) is 3.37. The van der Waals surface area contributed by atoms with Crippen molar-refractivity contribution in [1.29, 1.82) is 0 Å². The zero-order chi connectivity index (χ0) is 17.8. The summed E-state index contributed by atoms with van der Waals surface area (Å²) in [6.07, 6.45) is 3.23. The first kappa shape index (κ1) is 17.9. The number of rotatable bonds is 5. The molecule has 25 heavy (non-hydrogen) atoms. The fraction of sp³-hybridized carbons (Fsp3) is 0.474. The van der Waals surface area contributed by atoms with E-state index in [2.05, 4.69) is 53.6 Å². The Labute approximate surface area is 153 Å². The lowest BCUT2D eigenvalue weighted by Gasteiger charge is -2.35. The van der Waals surface area contributed by atoms with Crippen LogP contribution in [-0.4, -0.2) is 48.4 Å². The number of amides is 1. The minimum absolute atomic E-state index is 0.0415. The quantitative estimate of drug-likeness (QED) is 0.887. The molecule has 1 aromatic carbocycles. The highest BCUT2D eigenvalue weighted by molar-refractivity contribution is 7.13. The van der Waals surface area contributed by atoms with E-state index in [-0.39, 0.29) is 11.9 Å². The smallest absolute Gasteiger partial charge is 0.273 e. The van der Waals surface area contributed by atoms with Gasteiger partial charge < -0.3 is 15.1 Å². The van der Waals surface area contributed by atoms with Gasteiger partial charge in [-0.3, -0.25) is 4.79 Å². The van der Waals surface area contributed by atoms with Crippen LogP contribution in [0, 0.1) is 0 Å². The standard InChI is InChI=1S/C19H26N4OS/c1-20-19-21-16(13-25-19)18(24)23-11-5-4-6-17(23)15-9-7-14(8-10-15)12-22(2)3/h7-10,13,17H,4-6,11-12H2,1-3H3,(H,20,21)/t17-/m0/s1. The van der Waals surface area contributed by atoms with Crippen LogP contribution in [0.4, 0.5) is 5.13 Å². The molecular formula is C19H26N4OS. The first-order valence-corrected chi connectivity index (χ1v) is 9.64. The van der Waals surface area contributed by atoms with Crippen molar-refractivity contribution in [1.82, 2.24) is 14.8 Å². The van der Waals surface area contributed by atoms with Crippen molar-refractivity contribution in [3.05, 3.63) is 46.5 Å². The maximum Gasteiger partial charge on any atom is 0.273 e. The average Bonchev–Trinajstić information content (AvgIpc) is 3.10. The minimum atomic E-state index is 0.0415. The molecule has 0 aliphatic carbocycles. The van der Waals surface area contributed by atoms with Crippen molar-refractivity contribution in [2.75, 3.05) is 33.0 Å². The lowest BCUT2D eigenvalue weighted by atomic mass is 9.94. The predicted molar refractivity (Wildman–Crippen MR) is 103 cm³/mol. The molecule has 1 fully saturated rings. The molecule has 3 rings (SSSR count). The van der Waals surface area contributed by atoms with Gasteiger partial charge in [0.15, 0.2) is 5.13 Å². The lowest BCUT2D eigenvalue weighted by Crippen LogP contribution is -2.38. The summed E-state index contributed by atoms with van der Waals surface area (Å²) in [6, 6.07) is 8.85.